The number of nitrogens with one attached hydrogen (secondary N) is 1. The highest BCUT2D eigenvalue weighted by atomic mass is 16.4. The summed E-state index contributed by atoms with van der Waals surface area (Å²) in [6.07, 6.45) is 1.79. The third-order valence-electron chi connectivity index (χ3n) is 2.89. The zero-order valence-electron chi connectivity index (χ0n) is 10.8. The molecule has 1 heterocycles. The largest absolute Gasteiger partial charge is 0.507 e. The van der Waals surface area contributed by atoms with Gasteiger partial charge in [0.15, 0.2) is 0 Å². The van der Waals surface area contributed by atoms with Crippen molar-refractivity contribution in [1.82, 2.24) is 4.57 Å². The van der Waals surface area contributed by atoms with Gasteiger partial charge in [-0.25, -0.2) is 4.79 Å². The quantitative estimate of drug-likeness (QED) is 0.745. The van der Waals surface area contributed by atoms with E-state index in [9.17, 15) is 14.7 Å². The molecule has 1 aromatic carbocycles. The van der Waals surface area contributed by atoms with Gasteiger partial charge in [-0.3, -0.25) is 4.79 Å². The lowest BCUT2D eigenvalue weighted by Crippen LogP contribution is -2.16. The summed E-state index contributed by atoms with van der Waals surface area (Å²) in [5.74, 6) is -1.93. The lowest BCUT2D eigenvalue weighted by atomic mass is 10.1. The van der Waals surface area contributed by atoms with Crippen LogP contribution in [-0.2, 0) is 6.54 Å². The van der Waals surface area contributed by atoms with Gasteiger partial charge in [0, 0.05) is 18.4 Å². The summed E-state index contributed by atoms with van der Waals surface area (Å²) >= 11 is 0. The van der Waals surface area contributed by atoms with Gasteiger partial charge >= 0.3 is 5.97 Å². The van der Waals surface area contributed by atoms with Crippen molar-refractivity contribution in [3.8, 4) is 5.75 Å². The standard InChI is InChI=1S/C14H14N2O4/c1-2-16-7-3-4-11(16)13(18)15-9-5-6-12(17)10(8-9)14(19)20/h3-8,17H,2H2,1H3,(H,15,18)(H,19,20). The van der Waals surface area contributed by atoms with E-state index in [0.29, 0.717) is 17.9 Å². The summed E-state index contributed by atoms with van der Waals surface area (Å²) < 4.78 is 1.77. The Kier molecular flexibility index (Phi) is 3.74. The summed E-state index contributed by atoms with van der Waals surface area (Å²) in [6.45, 7) is 2.57. The number of benzene rings is 1. The molecule has 0 saturated heterocycles. The highest BCUT2D eigenvalue weighted by Crippen LogP contribution is 2.21. The van der Waals surface area contributed by atoms with Crippen LogP contribution in [0.15, 0.2) is 36.5 Å². The monoisotopic (exact) mass is 274 g/mol. The Hall–Kier alpha value is -2.76. The van der Waals surface area contributed by atoms with E-state index in [0.717, 1.165) is 0 Å². The van der Waals surface area contributed by atoms with E-state index in [1.165, 1.54) is 18.2 Å². The zero-order valence-corrected chi connectivity index (χ0v) is 10.8. The average molecular weight is 274 g/mol. The van der Waals surface area contributed by atoms with Gasteiger partial charge in [0.05, 0.1) is 0 Å². The van der Waals surface area contributed by atoms with Gasteiger partial charge in [-0.1, -0.05) is 0 Å². The van der Waals surface area contributed by atoms with Crippen molar-refractivity contribution in [3.63, 3.8) is 0 Å². The third-order valence-corrected chi connectivity index (χ3v) is 2.89. The molecule has 1 amide bonds. The van der Waals surface area contributed by atoms with Crippen LogP contribution in [0.3, 0.4) is 0 Å². The fraction of sp³-hybridized carbons (Fsp3) is 0.143. The van der Waals surface area contributed by atoms with Crippen molar-refractivity contribution in [2.45, 2.75) is 13.5 Å². The van der Waals surface area contributed by atoms with E-state index in [-0.39, 0.29) is 17.2 Å². The van der Waals surface area contributed by atoms with Crippen molar-refractivity contribution < 1.29 is 19.8 Å². The second kappa shape index (κ2) is 5.48. The maximum absolute atomic E-state index is 12.1. The van der Waals surface area contributed by atoms with Crippen molar-refractivity contribution in [2.24, 2.45) is 0 Å². The molecular weight excluding hydrogens is 260 g/mol. The first-order valence-corrected chi connectivity index (χ1v) is 6.05. The fourth-order valence-electron chi connectivity index (χ4n) is 1.88. The summed E-state index contributed by atoms with van der Waals surface area (Å²) in [6, 6.07) is 7.33. The van der Waals surface area contributed by atoms with Crippen LogP contribution in [0.5, 0.6) is 5.75 Å². The van der Waals surface area contributed by atoms with Crippen LogP contribution in [0.1, 0.15) is 27.8 Å². The van der Waals surface area contributed by atoms with Crippen LogP contribution in [0.25, 0.3) is 0 Å². The molecule has 0 bridgehead atoms. The first kappa shape index (κ1) is 13.7. The summed E-state index contributed by atoms with van der Waals surface area (Å²) in [4.78, 5) is 23.0. The number of carbonyl (C=O) groups excluding carboxylic acids is 1. The first-order valence-electron chi connectivity index (χ1n) is 6.05. The van der Waals surface area contributed by atoms with Gasteiger partial charge in [0.2, 0.25) is 0 Å². The van der Waals surface area contributed by atoms with Crippen molar-refractivity contribution >= 4 is 17.6 Å². The van der Waals surface area contributed by atoms with E-state index in [4.69, 9.17) is 5.11 Å². The number of carbonyl (C=O) groups is 2. The number of nitrogens with zero attached hydrogens (tertiary/aromatic N) is 1. The number of aromatic hydroxyl groups is 1. The molecule has 3 N–H and O–H groups in total. The molecule has 0 aliphatic carbocycles. The van der Waals surface area contributed by atoms with Crippen LogP contribution < -0.4 is 5.32 Å². The minimum atomic E-state index is -1.25. The van der Waals surface area contributed by atoms with Crippen LogP contribution in [0.4, 0.5) is 5.69 Å². The predicted molar refractivity (Wildman–Crippen MR) is 73.1 cm³/mol. The molecule has 20 heavy (non-hydrogen) atoms. The van der Waals surface area contributed by atoms with Gasteiger partial charge in [-0.2, -0.15) is 0 Å². The topological polar surface area (TPSA) is 91.6 Å². The Morgan fingerprint density at radius 1 is 1.30 bits per heavy atom. The molecule has 2 rings (SSSR count). The lowest BCUT2D eigenvalue weighted by Gasteiger charge is -2.09. The Morgan fingerprint density at radius 3 is 2.70 bits per heavy atom. The van der Waals surface area contributed by atoms with Gasteiger partial charge in [-0.15, -0.1) is 0 Å². The van der Waals surface area contributed by atoms with Crippen LogP contribution in [0.2, 0.25) is 0 Å². The summed E-state index contributed by atoms with van der Waals surface area (Å²) in [7, 11) is 0. The number of hydrogen-bond acceptors (Lipinski definition) is 3. The smallest absolute Gasteiger partial charge is 0.339 e. The van der Waals surface area contributed by atoms with Crippen molar-refractivity contribution in [3.05, 3.63) is 47.8 Å². The zero-order chi connectivity index (χ0) is 14.7. The summed E-state index contributed by atoms with van der Waals surface area (Å²) in [5, 5.41) is 20.9. The number of carboxylic acid groups (broad SMARTS) is 1. The number of aryl methyl sites for hydroxylation is 1. The van der Waals surface area contributed by atoms with Gasteiger partial charge in [0.25, 0.3) is 5.91 Å². The van der Waals surface area contributed by atoms with Crippen molar-refractivity contribution in [1.29, 1.82) is 0 Å². The molecule has 1 aromatic heterocycles. The van der Waals surface area contributed by atoms with Crippen LogP contribution >= 0.6 is 0 Å². The number of amides is 1. The van der Waals surface area contributed by atoms with Gasteiger partial charge in [0.1, 0.15) is 17.0 Å². The molecule has 2 aromatic rings. The van der Waals surface area contributed by atoms with E-state index < -0.39 is 5.97 Å². The Labute approximate surface area is 115 Å². The SMILES string of the molecule is CCn1cccc1C(=O)Nc1ccc(O)c(C(=O)O)c1. The normalized spacial score (nSPS) is 10.2. The second-order valence-electron chi connectivity index (χ2n) is 4.17. The number of carboxylic acids is 1. The number of anilines is 1. The molecule has 6 heteroatoms. The fourth-order valence-corrected chi connectivity index (χ4v) is 1.88. The van der Waals surface area contributed by atoms with E-state index in [1.807, 2.05) is 6.92 Å². The maximum Gasteiger partial charge on any atom is 0.339 e. The number of aromatic carboxylic acids is 1. The number of phenols is 1. The highest BCUT2D eigenvalue weighted by molar-refractivity contribution is 6.04. The van der Waals surface area contributed by atoms with E-state index in [2.05, 4.69) is 5.32 Å². The van der Waals surface area contributed by atoms with Crippen LogP contribution in [-0.4, -0.2) is 26.7 Å². The molecular formula is C14H14N2O4. The molecule has 0 saturated carbocycles. The maximum atomic E-state index is 12.1. The minimum Gasteiger partial charge on any atom is -0.507 e. The Bertz CT molecular complexity index is 661. The summed E-state index contributed by atoms with van der Waals surface area (Å²) in [5.41, 5.74) is 0.542. The molecule has 0 aliphatic heterocycles. The molecule has 6 nitrogen and oxygen atoms in total. The number of hydrogen-bond donors (Lipinski definition) is 3. The molecule has 0 atom stereocenters. The van der Waals surface area contributed by atoms with Gasteiger partial charge in [-0.05, 0) is 37.3 Å². The highest BCUT2D eigenvalue weighted by Gasteiger charge is 2.13. The third kappa shape index (κ3) is 2.64. The first-order chi connectivity index (χ1) is 9.52. The molecule has 0 aliphatic rings. The number of rotatable bonds is 4. The van der Waals surface area contributed by atoms with Crippen molar-refractivity contribution in [2.75, 3.05) is 5.32 Å². The average Bonchev–Trinajstić information content (AvgIpc) is 2.89. The molecule has 0 spiro atoms. The predicted octanol–water partition coefficient (Wildman–Crippen LogP) is 2.16. The number of aromatic nitrogens is 1. The molecule has 0 fully saturated rings. The molecule has 104 valence electrons. The molecule has 0 radical (unpaired) electrons. The van der Waals surface area contributed by atoms with Crippen LogP contribution in [0, 0.1) is 0 Å². The van der Waals surface area contributed by atoms with E-state index >= 15 is 0 Å². The molecule has 0 unspecified atom stereocenters. The Morgan fingerprint density at radius 2 is 2.05 bits per heavy atom. The Balaban J connectivity index is 2.24. The minimum absolute atomic E-state index is 0.256. The lowest BCUT2D eigenvalue weighted by molar-refractivity contribution is 0.0693. The van der Waals surface area contributed by atoms with Gasteiger partial charge < -0.3 is 20.1 Å². The second-order valence-corrected chi connectivity index (χ2v) is 4.17. The van der Waals surface area contributed by atoms with E-state index in [1.54, 1.807) is 22.9 Å².